The lowest BCUT2D eigenvalue weighted by atomic mass is 10.2. The van der Waals surface area contributed by atoms with E-state index < -0.39 is 0 Å². The Hall–Kier alpha value is -2.86. The normalized spacial score (nSPS) is 15.4. The zero-order valence-electron chi connectivity index (χ0n) is 13.8. The quantitative estimate of drug-likeness (QED) is 0.732. The van der Waals surface area contributed by atoms with Crippen LogP contribution in [0.4, 0.5) is 0 Å². The van der Waals surface area contributed by atoms with Gasteiger partial charge in [0.15, 0.2) is 11.5 Å². The van der Waals surface area contributed by atoms with Crippen LogP contribution in [0.5, 0.6) is 0 Å². The van der Waals surface area contributed by atoms with Gasteiger partial charge in [0.1, 0.15) is 0 Å². The molecule has 3 heterocycles. The molecule has 0 spiro atoms. The van der Waals surface area contributed by atoms with Gasteiger partial charge in [0.2, 0.25) is 5.76 Å². The zero-order chi connectivity index (χ0) is 17.1. The van der Waals surface area contributed by atoms with E-state index in [1.54, 1.807) is 24.5 Å². The van der Waals surface area contributed by atoms with Gasteiger partial charge < -0.3 is 13.8 Å². The molecule has 0 saturated carbocycles. The van der Waals surface area contributed by atoms with E-state index in [2.05, 4.69) is 34.3 Å². The highest BCUT2D eigenvalue weighted by atomic mass is 16.5. The number of carbonyl (C=O) groups excluding carboxylic acids is 1. The van der Waals surface area contributed by atoms with Crippen molar-refractivity contribution < 1.29 is 13.7 Å². The molecule has 0 aliphatic carbocycles. The molecular formula is C19H19N3O3. The first kappa shape index (κ1) is 15.7. The van der Waals surface area contributed by atoms with Crippen LogP contribution < -0.4 is 0 Å². The fourth-order valence-electron chi connectivity index (χ4n) is 3.02. The Balaban J connectivity index is 1.35. The molecule has 1 saturated heterocycles. The number of nitrogens with zero attached hydrogens (tertiary/aromatic N) is 3. The fourth-order valence-corrected chi connectivity index (χ4v) is 3.02. The number of amides is 1. The SMILES string of the molecule is O=C(c1cc(-c2ccco2)on1)N1CCN(Cc2ccccc2)CC1. The van der Waals surface area contributed by atoms with E-state index in [4.69, 9.17) is 8.94 Å². The molecule has 0 radical (unpaired) electrons. The summed E-state index contributed by atoms with van der Waals surface area (Å²) in [5.41, 5.74) is 1.62. The van der Waals surface area contributed by atoms with E-state index in [1.807, 2.05) is 11.0 Å². The van der Waals surface area contributed by atoms with Gasteiger partial charge in [-0.1, -0.05) is 35.5 Å². The molecule has 4 rings (SSSR count). The van der Waals surface area contributed by atoms with E-state index in [0.29, 0.717) is 30.3 Å². The predicted octanol–water partition coefficient (Wildman–Crippen LogP) is 2.89. The Bertz CT molecular complexity index is 819. The van der Waals surface area contributed by atoms with Crippen LogP contribution in [0.25, 0.3) is 11.5 Å². The van der Waals surface area contributed by atoms with Crippen molar-refractivity contribution in [1.82, 2.24) is 15.0 Å². The minimum Gasteiger partial charge on any atom is -0.461 e. The number of benzene rings is 1. The molecule has 0 bridgehead atoms. The second-order valence-corrected chi connectivity index (χ2v) is 6.11. The van der Waals surface area contributed by atoms with Gasteiger partial charge >= 0.3 is 0 Å². The Labute approximate surface area is 145 Å². The molecule has 1 aromatic carbocycles. The molecular weight excluding hydrogens is 318 g/mol. The molecule has 6 heteroatoms. The molecule has 0 unspecified atom stereocenters. The minimum absolute atomic E-state index is 0.0964. The van der Waals surface area contributed by atoms with Crippen molar-refractivity contribution in [2.24, 2.45) is 0 Å². The number of piperazine rings is 1. The van der Waals surface area contributed by atoms with Crippen LogP contribution in [0.1, 0.15) is 16.1 Å². The van der Waals surface area contributed by atoms with Crippen LogP contribution in [0, 0.1) is 0 Å². The number of furan rings is 1. The summed E-state index contributed by atoms with van der Waals surface area (Å²) in [5.74, 6) is 0.941. The van der Waals surface area contributed by atoms with Crippen molar-refractivity contribution in [1.29, 1.82) is 0 Å². The number of rotatable bonds is 4. The molecule has 1 aliphatic heterocycles. The zero-order valence-corrected chi connectivity index (χ0v) is 13.8. The fraction of sp³-hybridized carbons (Fsp3) is 0.263. The topological polar surface area (TPSA) is 62.7 Å². The predicted molar refractivity (Wildman–Crippen MR) is 91.8 cm³/mol. The monoisotopic (exact) mass is 337 g/mol. The number of carbonyl (C=O) groups is 1. The highest BCUT2D eigenvalue weighted by molar-refractivity contribution is 5.93. The molecule has 1 aliphatic rings. The summed E-state index contributed by atoms with van der Waals surface area (Å²) >= 11 is 0. The highest BCUT2D eigenvalue weighted by Gasteiger charge is 2.25. The average molecular weight is 337 g/mol. The first-order chi connectivity index (χ1) is 12.3. The third-order valence-electron chi connectivity index (χ3n) is 4.40. The molecule has 0 N–H and O–H groups in total. The molecule has 128 valence electrons. The highest BCUT2D eigenvalue weighted by Crippen LogP contribution is 2.21. The Morgan fingerprint density at radius 2 is 1.80 bits per heavy atom. The average Bonchev–Trinajstić information content (AvgIpc) is 3.34. The van der Waals surface area contributed by atoms with Gasteiger partial charge in [-0.25, -0.2) is 0 Å². The minimum atomic E-state index is -0.0964. The first-order valence-corrected chi connectivity index (χ1v) is 8.36. The van der Waals surface area contributed by atoms with Gasteiger partial charge in [-0.2, -0.15) is 0 Å². The van der Waals surface area contributed by atoms with Gasteiger partial charge in [0.25, 0.3) is 5.91 Å². The van der Waals surface area contributed by atoms with Crippen LogP contribution >= 0.6 is 0 Å². The summed E-state index contributed by atoms with van der Waals surface area (Å²) in [6.45, 7) is 3.99. The second kappa shape index (κ2) is 6.94. The van der Waals surface area contributed by atoms with Crippen molar-refractivity contribution in [3.05, 3.63) is 66.1 Å². The first-order valence-electron chi connectivity index (χ1n) is 8.36. The lowest BCUT2D eigenvalue weighted by Crippen LogP contribution is -2.48. The van der Waals surface area contributed by atoms with Crippen LogP contribution in [-0.2, 0) is 6.54 Å². The van der Waals surface area contributed by atoms with Crippen LogP contribution in [0.15, 0.2) is 63.7 Å². The van der Waals surface area contributed by atoms with Crippen LogP contribution in [-0.4, -0.2) is 47.0 Å². The number of aromatic nitrogens is 1. The molecule has 0 atom stereocenters. The molecule has 2 aromatic heterocycles. The van der Waals surface area contributed by atoms with E-state index in [0.717, 1.165) is 19.6 Å². The lowest BCUT2D eigenvalue weighted by Gasteiger charge is -2.34. The van der Waals surface area contributed by atoms with E-state index in [-0.39, 0.29) is 5.91 Å². The van der Waals surface area contributed by atoms with Gasteiger partial charge in [-0.05, 0) is 17.7 Å². The van der Waals surface area contributed by atoms with E-state index in [9.17, 15) is 4.79 Å². The Kier molecular flexibility index (Phi) is 4.35. The lowest BCUT2D eigenvalue weighted by molar-refractivity contribution is 0.0618. The number of hydrogen-bond acceptors (Lipinski definition) is 5. The summed E-state index contributed by atoms with van der Waals surface area (Å²) in [5, 5.41) is 3.89. The number of hydrogen-bond donors (Lipinski definition) is 0. The maximum Gasteiger partial charge on any atom is 0.276 e. The van der Waals surface area contributed by atoms with Crippen molar-refractivity contribution in [2.75, 3.05) is 26.2 Å². The maximum absolute atomic E-state index is 12.6. The van der Waals surface area contributed by atoms with Crippen molar-refractivity contribution in [3.8, 4) is 11.5 Å². The van der Waals surface area contributed by atoms with Crippen LogP contribution in [0.2, 0.25) is 0 Å². The van der Waals surface area contributed by atoms with E-state index in [1.165, 1.54) is 5.56 Å². The third-order valence-corrected chi connectivity index (χ3v) is 4.40. The summed E-state index contributed by atoms with van der Waals surface area (Å²) < 4.78 is 10.5. The van der Waals surface area contributed by atoms with Gasteiger partial charge in [0, 0.05) is 38.8 Å². The summed E-state index contributed by atoms with van der Waals surface area (Å²) in [6, 6.07) is 15.6. The van der Waals surface area contributed by atoms with Crippen molar-refractivity contribution >= 4 is 5.91 Å². The van der Waals surface area contributed by atoms with Crippen LogP contribution in [0.3, 0.4) is 0 Å². The Morgan fingerprint density at radius 3 is 2.52 bits per heavy atom. The van der Waals surface area contributed by atoms with E-state index >= 15 is 0 Å². The summed E-state index contributed by atoms with van der Waals surface area (Å²) in [7, 11) is 0. The smallest absolute Gasteiger partial charge is 0.276 e. The molecule has 3 aromatic rings. The van der Waals surface area contributed by atoms with Gasteiger partial charge in [-0.15, -0.1) is 0 Å². The summed E-state index contributed by atoms with van der Waals surface area (Å²) in [6.07, 6.45) is 1.56. The largest absolute Gasteiger partial charge is 0.461 e. The van der Waals surface area contributed by atoms with Gasteiger partial charge in [0.05, 0.1) is 6.26 Å². The molecule has 25 heavy (non-hydrogen) atoms. The Morgan fingerprint density at radius 1 is 1.00 bits per heavy atom. The van der Waals surface area contributed by atoms with Crippen molar-refractivity contribution in [3.63, 3.8) is 0 Å². The second-order valence-electron chi connectivity index (χ2n) is 6.11. The standard InChI is InChI=1S/C19H19N3O3/c23-19(16-13-18(25-20-16)17-7-4-12-24-17)22-10-8-21(9-11-22)14-15-5-2-1-3-6-15/h1-7,12-13H,8-11,14H2. The maximum atomic E-state index is 12.6. The van der Waals surface area contributed by atoms with Gasteiger partial charge in [-0.3, -0.25) is 9.69 Å². The molecule has 1 amide bonds. The molecule has 1 fully saturated rings. The third kappa shape index (κ3) is 3.49. The molecule has 6 nitrogen and oxygen atoms in total. The van der Waals surface area contributed by atoms with Crippen molar-refractivity contribution in [2.45, 2.75) is 6.54 Å². The summed E-state index contributed by atoms with van der Waals surface area (Å²) in [4.78, 5) is 16.8.